The number of carboxylic acids is 1. The Labute approximate surface area is 99.2 Å². The molecule has 0 unspecified atom stereocenters. The van der Waals surface area contributed by atoms with Gasteiger partial charge in [0, 0.05) is 18.8 Å². The van der Waals surface area contributed by atoms with Crippen LogP contribution < -0.4 is 0 Å². The quantitative estimate of drug-likeness (QED) is 0.859. The first-order valence-corrected chi connectivity index (χ1v) is 5.65. The predicted molar refractivity (Wildman–Crippen MR) is 60.5 cm³/mol. The van der Waals surface area contributed by atoms with E-state index in [1.807, 2.05) is 0 Å². The summed E-state index contributed by atoms with van der Waals surface area (Å²) in [6, 6.07) is 4.67. The molecule has 1 N–H and O–H groups in total. The van der Waals surface area contributed by atoms with Crippen molar-refractivity contribution in [3.63, 3.8) is 0 Å². The van der Waals surface area contributed by atoms with Gasteiger partial charge in [-0.1, -0.05) is 12.1 Å². The zero-order valence-electron chi connectivity index (χ0n) is 9.70. The largest absolute Gasteiger partial charge is 0.481 e. The van der Waals surface area contributed by atoms with Crippen LogP contribution in [0.3, 0.4) is 0 Å². The minimum Gasteiger partial charge on any atom is -0.481 e. The lowest BCUT2D eigenvalue weighted by Crippen LogP contribution is -2.42. The first-order valence-electron chi connectivity index (χ1n) is 5.65. The molecule has 0 bridgehead atoms. The van der Waals surface area contributed by atoms with Crippen LogP contribution in [-0.4, -0.2) is 24.3 Å². The average molecular weight is 238 g/mol. The maximum atomic E-state index is 13.9. The summed E-state index contributed by atoms with van der Waals surface area (Å²) in [5.74, 6) is -1.40. The van der Waals surface area contributed by atoms with E-state index in [0.29, 0.717) is 37.2 Å². The molecule has 0 saturated carbocycles. The van der Waals surface area contributed by atoms with Crippen molar-refractivity contribution < 1.29 is 19.0 Å². The molecule has 0 atom stereocenters. The number of halogens is 1. The maximum absolute atomic E-state index is 13.9. The molecule has 0 aliphatic carbocycles. The Morgan fingerprint density at radius 1 is 1.41 bits per heavy atom. The third-order valence-corrected chi connectivity index (χ3v) is 3.46. The van der Waals surface area contributed by atoms with Gasteiger partial charge >= 0.3 is 5.97 Å². The lowest BCUT2D eigenvalue weighted by Gasteiger charge is -2.34. The summed E-state index contributed by atoms with van der Waals surface area (Å²) in [4.78, 5) is 11.6. The van der Waals surface area contributed by atoms with Gasteiger partial charge in [-0.25, -0.2) is 4.39 Å². The van der Waals surface area contributed by atoms with Crippen LogP contribution in [0, 0.1) is 12.7 Å². The van der Waals surface area contributed by atoms with E-state index in [4.69, 9.17) is 4.74 Å². The Kier molecular flexibility index (Phi) is 3.15. The lowest BCUT2D eigenvalue weighted by atomic mass is 9.72. The minimum atomic E-state index is -1.13. The fourth-order valence-corrected chi connectivity index (χ4v) is 2.53. The highest BCUT2D eigenvalue weighted by molar-refractivity contribution is 5.82. The molecule has 1 aliphatic rings. The minimum absolute atomic E-state index is 0.316. The second-order valence-electron chi connectivity index (χ2n) is 4.43. The van der Waals surface area contributed by atoms with E-state index < -0.39 is 17.2 Å². The molecule has 1 aromatic carbocycles. The van der Waals surface area contributed by atoms with Gasteiger partial charge in [-0.05, 0) is 31.4 Å². The van der Waals surface area contributed by atoms with E-state index in [2.05, 4.69) is 0 Å². The van der Waals surface area contributed by atoms with Crippen LogP contribution in [0.5, 0.6) is 0 Å². The van der Waals surface area contributed by atoms with E-state index in [1.54, 1.807) is 19.1 Å². The summed E-state index contributed by atoms with van der Waals surface area (Å²) in [5.41, 5.74) is -0.127. The molecule has 4 heteroatoms. The molecule has 0 spiro atoms. The highest BCUT2D eigenvalue weighted by Gasteiger charge is 2.44. The van der Waals surface area contributed by atoms with Crippen LogP contribution in [0.2, 0.25) is 0 Å². The summed E-state index contributed by atoms with van der Waals surface area (Å²) in [6.07, 6.45) is 0.647. The maximum Gasteiger partial charge on any atom is 0.314 e. The highest BCUT2D eigenvalue weighted by Crippen LogP contribution is 2.38. The van der Waals surface area contributed by atoms with Crippen LogP contribution in [0.4, 0.5) is 4.39 Å². The summed E-state index contributed by atoms with van der Waals surface area (Å²) in [6.45, 7) is 2.47. The monoisotopic (exact) mass is 238 g/mol. The summed E-state index contributed by atoms with van der Waals surface area (Å²) >= 11 is 0. The first kappa shape index (κ1) is 12.0. The topological polar surface area (TPSA) is 46.5 Å². The highest BCUT2D eigenvalue weighted by atomic mass is 19.1. The van der Waals surface area contributed by atoms with Crippen LogP contribution >= 0.6 is 0 Å². The van der Waals surface area contributed by atoms with Gasteiger partial charge in [0.2, 0.25) is 0 Å². The molecule has 0 aromatic heterocycles. The summed E-state index contributed by atoms with van der Waals surface area (Å²) < 4.78 is 19.1. The van der Waals surface area contributed by atoms with Crippen molar-refractivity contribution in [1.29, 1.82) is 0 Å². The number of carbonyl (C=O) groups is 1. The lowest BCUT2D eigenvalue weighted by molar-refractivity contribution is -0.148. The molecule has 1 aliphatic heterocycles. The number of ether oxygens (including phenoxy) is 1. The molecule has 17 heavy (non-hydrogen) atoms. The van der Waals surface area contributed by atoms with E-state index >= 15 is 0 Å². The van der Waals surface area contributed by atoms with Gasteiger partial charge in [0.25, 0.3) is 0 Å². The first-order chi connectivity index (χ1) is 8.08. The van der Waals surface area contributed by atoms with Crippen molar-refractivity contribution in [3.05, 3.63) is 35.1 Å². The Bertz CT molecular complexity index is 416. The van der Waals surface area contributed by atoms with Crippen molar-refractivity contribution in [2.45, 2.75) is 25.2 Å². The van der Waals surface area contributed by atoms with Crippen molar-refractivity contribution in [2.75, 3.05) is 13.2 Å². The standard InChI is InChI=1S/C13H15FO3/c1-9-3-2-4-10(14)11(9)13(12(15)16)5-7-17-8-6-13/h2-4H,5-8H2,1H3,(H,15,16). The van der Waals surface area contributed by atoms with Crippen LogP contribution in [0.15, 0.2) is 18.2 Å². The van der Waals surface area contributed by atoms with Crippen molar-refractivity contribution >= 4 is 5.97 Å². The third-order valence-electron chi connectivity index (χ3n) is 3.46. The fourth-order valence-electron chi connectivity index (χ4n) is 2.53. The Morgan fingerprint density at radius 2 is 2.06 bits per heavy atom. The van der Waals surface area contributed by atoms with Crippen molar-refractivity contribution in [3.8, 4) is 0 Å². The number of aryl methyl sites for hydroxylation is 1. The molecule has 2 rings (SSSR count). The molecular weight excluding hydrogens is 223 g/mol. The number of benzene rings is 1. The molecule has 0 amide bonds. The van der Waals surface area contributed by atoms with Gasteiger partial charge in [-0.15, -0.1) is 0 Å². The Hall–Kier alpha value is -1.42. The van der Waals surface area contributed by atoms with Gasteiger partial charge in [-0.2, -0.15) is 0 Å². The van der Waals surface area contributed by atoms with Crippen LogP contribution in [0.1, 0.15) is 24.0 Å². The number of carboxylic acid groups (broad SMARTS) is 1. The van der Waals surface area contributed by atoms with Crippen molar-refractivity contribution in [2.24, 2.45) is 0 Å². The second-order valence-corrected chi connectivity index (χ2v) is 4.43. The molecule has 92 valence electrons. The number of rotatable bonds is 2. The van der Waals surface area contributed by atoms with Gasteiger partial charge in [0.1, 0.15) is 11.2 Å². The molecule has 1 saturated heterocycles. The smallest absolute Gasteiger partial charge is 0.314 e. The zero-order chi connectivity index (χ0) is 12.5. The number of hydrogen-bond acceptors (Lipinski definition) is 2. The average Bonchev–Trinajstić information content (AvgIpc) is 2.29. The van der Waals surface area contributed by atoms with E-state index in [1.165, 1.54) is 6.07 Å². The number of hydrogen-bond donors (Lipinski definition) is 1. The second kappa shape index (κ2) is 4.45. The fraction of sp³-hybridized carbons (Fsp3) is 0.462. The summed E-state index contributed by atoms with van der Waals surface area (Å²) in [7, 11) is 0. The third kappa shape index (κ3) is 1.93. The number of aliphatic carboxylic acids is 1. The Balaban J connectivity index is 2.56. The van der Waals surface area contributed by atoms with Crippen LogP contribution in [-0.2, 0) is 14.9 Å². The molecule has 1 fully saturated rings. The van der Waals surface area contributed by atoms with Gasteiger partial charge in [-0.3, -0.25) is 4.79 Å². The Morgan fingerprint density at radius 3 is 2.59 bits per heavy atom. The van der Waals surface area contributed by atoms with Gasteiger partial charge in [0.05, 0.1) is 0 Å². The normalized spacial score (nSPS) is 18.9. The molecule has 1 aromatic rings. The molecule has 1 heterocycles. The van der Waals surface area contributed by atoms with E-state index in [9.17, 15) is 14.3 Å². The van der Waals surface area contributed by atoms with Crippen LogP contribution in [0.25, 0.3) is 0 Å². The predicted octanol–water partition coefficient (Wildman–Crippen LogP) is 2.27. The SMILES string of the molecule is Cc1cccc(F)c1C1(C(=O)O)CCOCC1. The molecule has 0 radical (unpaired) electrons. The van der Waals surface area contributed by atoms with Gasteiger partial charge in [0.15, 0.2) is 0 Å². The zero-order valence-corrected chi connectivity index (χ0v) is 9.70. The van der Waals surface area contributed by atoms with Gasteiger partial charge < -0.3 is 9.84 Å². The summed E-state index contributed by atoms with van der Waals surface area (Å²) in [5, 5.41) is 9.47. The van der Waals surface area contributed by atoms with E-state index in [0.717, 1.165) is 0 Å². The van der Waals surface area contributed by atoms with Crippen molar-refractivity contribution in [1.82, 2.24) is 0 Å². The van der Waals surface area contributed by atoms with E-state index in [-0.39, 0.29) is 0 Å². The molecule has 3 nitrogen and oxygen atoms in total. The molecular formula is C13H15FO3.